The number of oxazole rings is 1. The molecule has 2 aliphatic rings. The van der Waals surface area contributed by atoms with E-state index < -0.39 is 0 Å². The summed E-state index contributed by atoms with van der Waals surface area (Å²) < 4.78 is 7.35. The third-order valence-electron chi connectivity index (χ3n) is 5.26. The first-order chi connectivity index (χ1) is 12.2. The van der Waals surface area contributed by atoms with Gasteiger partial charge >= 0.3 is 0 Å². The van der Waals surface area contributed by atoms with Gasteiger partial charge in [-0.3, -0.25) is 9.36 Å². The first kappa shape index (κ1) is 16.3. The highest BCUT2D eigenvalue weighted by molar-refractivity contribution is 5.37. The highest BCUT2D eigenvalue weighted by Gasteiger charge is 2.21. The predicted octanol–water partition coefficient (Wildman–Crippen LogP) is 1.37. The number of aliphatic hydroxyl groups excluding tert-OH is 1. The van der Waals surface area contributed by atoms with E-state index >= 15 is 0 Å². The number of aromatic nitrogens is 3. The molecule has 0 bridgehead atoms. The molecule has 7 heteroatoms. The van der Waals surface area contributed by atoms with Crippen LogP contribution in [0.2, 0.25) is 0 Å². The van der Waals surface area contributed by atoms with Crippen molar-refractivity contribution in [1.82, 2.24) is 14.5 Å². The number of aryl methyl sites for hydroxylation is 2. The summed E-state index contributed by atoms with van der Waals surface area (Å²) in [7, 11) is 0. The quantitative estimate of drug-likeness (QED) is 0.902. The second kappa shape index (κ2) is 7.00. The zero-order valence-corrected chi connectivity index (χ0v) is 14.4. The van der Waals surface area contributed by atoms with Crippen LogP contribution in [-0.2, 0) is 19.4 Å². The van der Waals surface area contributed by atoms with E-state index in [-0.39, 0.29) is 12.2 Å². The number of rotatable bonds is 4. The molecule has 0 amide bonds. The third-order valence-corrected chi connectivity index (χ3v) is 5.26. The molecule has 0 saturated carbocycles. The van der Waals surface area contributed by atoms with Gasteiger partial charge in [-0.1, -0.05) is 0 Å². The molecule has 0 atom stereocenters. The fraction of sp³-hybridized carbons (Fsp3) is 0.611. The molecule has 1 fully saturated rings. The Morgan fingerprint density at radius 2 is 2.04 bits per heavy atom. The lowest BCUT2D eigenvalue weighted by Crippen LogP contribution is -2.36. The maximum Gasteiger partial charge on any atom is 0.255 e. The Labute approximate surface area is 146 Å². The van der Waals surface area contributed by atoms with Crippen LogP contribution in [-0.4, -0.2) is 39.3 Å². The molecular weight excluding hydrogens is 320 g/mol. The average Bonchev–Trinajstić information content (AvgIpc) is 3.06. The van der Waals surface area contributed by atoms with Gasteiger partial charge in [-0.05, 0) is 38.0 Å². The number of hydrogen-bond donors (Lipinski definition) is 1. The topological polar surface area (TPSA) is 84.4 Å². The summed E-state index contributed by atoms with van der Waals surface area (Å²) in [6.45, 7) is 2.22. The molecule has 25 heavy (non-hydrogen) atoms. The summed E-state index contributed by atoms with van der Waals surface area (Å²) in [5.41, 5.74) is 0.955. The predicted molar refractivity (Wildman–Crippen MR) is 92.8 cm³/mol. The number of fused-ring (bicyclic) bond motifs is 1. The SMILES string of the molecule is O=c1cc(N2CCC(CO)CC2)ncn1Cc1nc2c(o1)CCCC2. The van der Waals surface area contributed by atoms with Gasteiger partial charge in [0.2, 0.25) is 5.89 Å². The van der Waals surface area contributed by atoms with E-state index in [0.29, 0.717) is 24.2 Å². The van der Waals surface area contributed by atoms with Crippen molar-refractivity contribution in [3.8, 4) is 0 Å². The van der Waals surface area contributed by atoms with Gasteiger partial charge in [0.05, 0.1) is 5.69 Å². The minimum absolute atomic E-state index is 0.0922. The molecular formula is C18H24N4O3. The van der Waals surface area contributed by atoms with Crippen molar-refractivity contribution in [3.63, 3.8) is 0 Å². The van der Waals surface area contributed by atoms with Crippen LogP contribution >= 0.6 is 0 Å². The van der Waals surface area contributed by atoms with Crippen molar-refractivity contribution in [2.24, 2.45) is 5.92 Å². The summed E-state index contributed by atoms with van der Waals surface area (Å²) in [5.74, 6) is 2.65. The van der Waals surface area contributed by atoms with Crippen LogP contribution in [0.4, 0.5) is 5.82 Å². The Bertz CT molecular complexity index is 766. The largest absolute Gasteiger partial charge is 0.443 e. The van der Waals surface area contributed by atoms with Crippen LogP contribution < -0.4 is 10.5 Å². The lowest BCUT2D eigenvalue weighted by Gasteiger charge is -2.31. The van der Waals surface area contributed by atoms with Gasteiger partial charge in [-0.25, -0.2) is 9.97 Å². The highest BCUT2D eigenvalue weighted by atomic mass is 16.4. The summed E-state index contributed by atoms with van der Waals surface area (Å²) in [6.07, 6.45) is 7.66. The number of aliphatic hydroxyl groups is 1. The zero-order valence-electron chi connectivity index (χ0n) is 14.4. The van der Waals surface area contributed by atoms with Crippen LogP contribution in [0.1, 0.15) is 43.0 Å². The van der Waals surface area contributed by atoms with Crippen molar-refractivity contribution < 1.29 is 9.52 Å². The summed E-state index contributed by atoms with van der Waals surface area (Å²) in [4.78, 5) is 23.5. The van der Waals surface area contributed by atoms with Crippen LogP contribution in [0, 0.1) is 5.92 Å². The summed E-state index contributed by atoms with van der Waals surface area (Å²) in [6, 6.07) is 1.59. The Kier molecular flexibility index (Phi) is 4.57. The van der Waals surface area contributed by atoms with Crippen LogP contribution in [0.5, 0.6) is 0 Å². The third kappa shape index (κ3) is 3.46. The number of nitrogens with zero attached hydrogens (tertiary/aromatic N) is 4. The molecule has 0 radical (unpaired) electrons. The van der Waals surface area contributed by atoms with Crippen molar-refractivity contribution in [2.75, 3.05) is 24.6 Å². The smallest absolute Gasteiger partial charge is 0.255 e. The van der Waals surface area contributed by atoms with Crippen LogP contribution in [0.3, 0.4) is 0 Å². The van der Waals surface area contributed by atoms with Crippen molar-refractivity contribution in [3.05, 3.63) is 40.1 Å². The molecule has 1 aliphatic heterocycles. The van der Waals surface area contributed by atoms with E-state index in [1.165, 1.54) is 0 Å². The normalized spacial score (nSPS) is 18.4. The monoisotopic (exact) mass is 344 g/mol. The summed E-state index contributed by atoms with van der Waals surface area (Å²) in [5, 5.41) is 9.23. The van der Waals surface area contributed by atoms with E-state index in [1.807, 2.05) is 0 Å². The molecule has 2 aromatic rings. The van der Waals surface area contributed by atoms with Gasteiger partial charge in [-0.15, -0.1) is 0 Å². The minimum Gasteiger partial charge on any atom is -0.443 e. The second-order valence-corrected chi connectivity index (χ2v) is 7.01. The number of hydrogen-bond acceptors (Lipinski definition) is 6. The highest BCUT2D eigenvalue weighted by Crippen LogP contribution is 2.22. The Balaban J connectivity index is 1.47. The average molecular weight is 344 g/mol. The number of piperidine rings is 1. The number of anilines is 1. The molecule has 0 aromatic carbocycles. The molecule has 1 aliphatic carbocycles. The van der Waals surface area contributed by atoms with Crippen LogP contribution in [0.15, 0.2) is 21.6 Å². The van der Waals surface area contributed by atoms with Gasteiger partial charge < -0.3 is 14.4 Å². The molecule has 1 saturated heterocycles. The lowest BCUT2D eigenvalue weighted by atomic mass is 9.98. The fourth-order valence-corrected chi connectivity index (χ4v) is 3.67. The van der Waals surface area contributed by atoms with E-state index in [9.17, 15) is 9.90 Å². The Hall–Kier alpha value is -2.15. The maximum absolute atomic E-state index is 12.4. The molecule has 0 spiro atoms. The molecule has 4 rings (SSSR count). The maximum atomic E-state index is 12.4. The molecule has 0 unspecified atom stereocenters. The van der Waals surface area contributed by atoms with Gasteiger partial charge in [0.25, 0.3) is 5.56 Å². The standard InChI is InChI=1S/C18H24N4O3/c23-11-13-5-7-21(8-6-13)16-9-18(24)22(12-19-16)10-17-20-14-3-1-2-4-15(14)25-17/h9,12-13,23H,1-8,10-11H2. The lowest BCUT2D eigenvalue weighted by molar-refractivity contribution is 0.202. The second-order valence-electron chi connectivity index (χ2n) is 7.01. The Morgan fingerprint density at radius 1 is 1.24 bits per heavy atom. The van der Waals surface area contributed by atoms with Gasteiger partial charge in [-0.2, -0.15) is 0 Å². The van der Waals surface area contributed by atoms with E-state index in [0.717, 1.165) is 63.1 Å². The zero-order chi connectivity index (χ0) is 17.2. The molecule has 7 nitrogen and oxygen atoms in total. The molecule has 1 N–H and O–H groups in total. The van der Waals surface area contributed by atoms with Gasteiger partial charge in [0.15, 0.2) is 0 Å². The minimum atomic E-state index is -0.0922. The van der Waals surface area contributed by atoms with Crippen LogP contribution in [0.25, 0.3) is 0 Å². The first-order valence-electron chi connectivity index (χ1n) is 9.12. The van der Waals surface area contributed by atoms with Crippen molar-refractivity contribution in [1.29, 1.82) is 0 Å². The molecule has 3 heterocycles. The van der Waals surface area contributed by atoms with E-state index in [4.69, 9.17) is 4.42 Å². The van der Waals surface area contributed by atoms with Gasteiger partial charge in [0.1, 0.15) is 24.5 Å². The molecule has 2 aromatic heterocycles. The van der Waals surface area contributed by atoms with E-state index in [1.54, 1.807) is 17.0 Å². The van der Waals surface area contributed by atoms with E-state index in [2.05, 4.69) is 14.9 Å². The van der Waals surface area contributed by atoms with Crippen molar-refractivity contribution in [2.45, 2.75) is 45.1 Å². The van der Waals surface area contributed by atoms with Gasteiger partial charge in [0, 0.05) is 32.2 Å². The Morgan fingerprint density at radius 3 is 2.76 bits per heavy atom. The first-order valence-corrected chi connectivity index (χ1v) is 9.12. The van der Waals surface area contributed by atoms with Crippen molar-refractivity contribution >= 4 is 5.82 Å². The summed E-state index contributed by atoms with van der Waals surface area (Å²) >= 11 is 0. The molecule has 134 valence electrons. The fourth-order valence-electron chi connectivity index (χ4n) is 3.67.